The fourth-order valence-electron chi connectivity index (χ4n) is 5.02. The largest absolute Gasteiger partial charge is 0.460 e. The molecule has 232 valence electrons. The minimum atomic E-state index is -3.63. The average molecular weight is 624 g/mol. The fraction of sp³-hybridized carbons (Fsp3) is 0.353. The first-order valence-electron chi connectivity index (χ1n) is 14.5. The number of pyridine rings is 1. The summed E-state index contributed by atoms with van der Waals surface area (Å²) in [7, 11) is -3.63. The van der Waals surface area contributed by atoms with E-state index in [-0.39, 0.29) is 41.5 Å². The van der Waals surface area contributed by atoms with Gasteiger partial charge in [-0.3, -0.25) is 19.4 Å². The van der Waals surface area contributed by atoms with Gasteiger partial charge in [-0.15, -0.1) is 0 Å². The molecule has 1 aliphatic carbocycles. The topological polar surface area (TPSA) is 107 Å². The lowest BCUT2D eigenvalue weighted by atomic mass is 9.95. The molecule has 10 heteroatoms. The first-order valence-corrected chi connectivity index (χ1v) is 16.3. The minimum absolute atomic E-state index is 0.0810. The molecule has 1 aromatic heterocycles. The number of carbonyl (C=O) groups excluding carboxylic acids is 3. The summed E-state index contributed by atoms with van der Waals surface area (Å²) >= 11 is 0. The Labute approximate surface area is 256 Å². The smallest absolute Gasteiger partial charge is 0.306 e. The number of Topliss-reactive ketones (excluding diaryl/α,β-unsaturated/α-hetero) is 2. The molecular formula is C34H35F2NO6S. The molecule has 0 radical (unpaired) electrons. The molecule has 0 amide bonds. The van der Waals surface area contributed by atoms with E-state index >= 15 is 4.39 Å². The number of nitrogens with zero attached hydrogens (tertiary/aromatic N) is 1. The van der Waals surface area contributed by atoms with Crippen molar-refractivity contribution < 1.29 is 36.3 Å². The molecule has 3 aromatic rings. The summed E-state index contributed by atoms with van der Waals surface area (Å²) in [5.41, 5.74) is 1.27. The summed E-state index contributed by atoms with van der Waals surface area (Å²) in [6.07, 6.45) is 4.53. The molecule has 0 unspecified atom stereocenters. The number of rotatable bonds is 12. The van der Waals surface area contributed by atoms with E-state index in [2.05, 4.69) is 4.98 Å². The Balaban J connectivity index is 1.50. The van der Waals surface area contributed by atoms with Gasteiger partial charge in [0.2, 0.25) is 0 Å². The lowest BCUT2D eigenvalue weighted by Gasteiger charge is -2.19. The van der Waals surface area contributed by atoms with Crippen LogP contribution >= 0.6 is 0 Å². The molecule has 0 saturated carbocycles. The molecule has 44 heavy (non-hydrogen) atoms. The van der Waals surface area contributed by atoms with Crippen molar-refractivity contribution in [3.8, 4) is 11.1 Å². The highest BCUT2D eigenvalue weighted by Crippen LogP contribution is 2.34. The second-order valence-electron chi connectivity index (χ2n) is 11.8. The summed E-state index contributed by atoms with van der Waals surface area (Å²) < 4.78 is 60.0. The van der Waals surface area contributed by atoms with Gasteiger partial charge in [0.15, 0.2) is 21.4 Å². The minimum Gasteiger partial charge on any atom is -0.460 e. The van der Waals surface area contributed by atoms with Crippen molar-refractivity contribution >= 4 is 32.9 Å². The Bertz CT molecular complexity index is 1740. The van der Waals surface area contributed by atoms with E-state index in [1.807, 2.05) is 0 Å². The van der Waals surface area contributed by atoms with Crippen LogP contribution in [0.15, 0.2) is 54.7 Å². The van der Waals surface area contributed by atoms with Gasteiger partial charge in [0.05, 0.1) is 22.8 Å². The monoisotopic (exact) mass is 623 g/mol. The molecule has 4 rings (SSSR count). The van der Waals surface area contributed by atoms with Crippen LogP contribution in [-0.4, -0.2) is 42.3 Å². The van der Waals surface area contributed by atoms with Crippen LogP contribution in [0.4, 0.5) is 8.78 Å². The average Bonchev–Trinajstić information content (AvgIpc) is 3.37. The number of allylic oxidation sites excluding steroid dienone is 2. The van der Waals surface area contributed by atoms with Gasteiger partial charge in [0.1, 0.15) is 17.2 Å². The highest BCUT2D eigenvalue weighted by atomic mass is 32.2. The quantitative estimate of drug-likeness (QED) is 0.160. The highest BCUT2D eigenvalue weighted by molar-refractivity contribution is 7.90. The number of carbonyl (C=O) groups is 3. The second kappa shape index (κ2) is 13.3. The Morgan fingerprint density at radius 3 is 2.34 bits per heavy atom. The molecule has 1 heterocycles. The number of benzene rings is 2. The molecule has 0 atom stereocenters. The van der Waals surface area contributed by atoms with Crippen LogP contribution in [0.5, 0.6) is 0 Å². The Morgan fingerprint density at radius 1 is 0.977 bits per heavy atom. The fourth-order valence-corrected chi connectivity index (χ4v) is 6.48. The molecule has 0 aliphatic heterocycles. The van der Waals surface area contributed by atoms with Crippen molar-refractivity contribution in [3.63, 3.8) is 0 Å². The standard InChI is InChI=1S/C34H35F2NO6S/c1-5-17-44(41,42)20-23-13-15-27(35)31(32(23)36)33(40)25-14-16-28-26(25)18-24(19-37-28)21-9-11-22(12-10-21)29(38)7-6-8-30(39)43-34(2,3)4/h9-15,18-19H,5-8,16-17,20H2,1-4H3. The van der Waals surface area contributed by atoms with E-state index in [4.69, 9.17) is 4.74 Å². The van der Waals surface area contributed by atoms with E-state index in [0.29, 0.717) is 47.2 Å². The van der Waals surface area contributed by atoms with Gasteiger partial charge in [-0.2, -0.15) is 0 Å². The Kier molecular flexibility index (Phi) is 9.93. The third-order valence-corrected chi connectivity index (χ3v) is 8.82. The number of aromatic nitrogens is 1. The number of sulfone groups is 1. The van der Waals surface area contributed by atoms with Gasteiger partial charge in [-0.25, -0.2) is 17.2 Å². The lowest BCUT2D eigenvalue weighted by Crippen LogP contribution is -2.23. The normalized spacial score (nSPS) is 12.9. The van der Waals surface area contributed by atoms with Crippen LogP contribution in [0.25, 0.3) is 16.7 Å². The van der Waals surface area contributed by atoms with Crippen LogP contribution in [0, 0.1) is 11.6 Å². The molecule has 0 spiro atoms. The van der Waals surface area contributed by atoms with Gasteiger partial charge >= 0.3 is 5.97 Å². The summed E-state index contributed by atoms with van der Waals surface area (Å²) in [6, 6.07) is 10.5. The van der Waals surface area contributed by atoms with Crippen molar-refractivity contribution in [2.24, 2.45) is 0 Å². The van der Waals surface area contributed by atoms with E-state index < -0.39 is 44.2 Å². The zero-order valence-corrected chi connectivity index (χ0v) is 26.0. The third kappa shape index (κ3) is 7.91. The summed E-state index contributed by atoms with van der Waals surface area (Å²) in [6.45, 7) is 7.04. The maximum Gasteiger partial charge on any atom is 0.306 e. The third-order valence-electron chi connectivity index (χ3n) is 7.04. The van der Waals surface area contributed by atoms with Crippen molar-refractivity contribution in [1.82, 2.24) is 4.98 Å². The Morgan fingerprint density at radius 2 is 1.68 bits per heavy atom. The van der Waals surface area contributed by atoms with Crippen LogP contribution in [0.2, 0.25) is 0 Å². The van der Waals surface area contributed by atoms with Gasteiger partial charge < -0.3 is 4.74 Å². The number of esters is 1. The number of ether oxygens (including phenoxy) is 1. The molecule has 0 saturated heterocycles. The molecule has 0 bridgehead atoms. The predicted molar refractivity (Wildman–Crippen MR) is 164 cm³/mol. The number of fused-ring (bicyclic) bond motifs is 1. The van der Waals surface area contributed by atoms with Gasteiger partial charge in [-0.05, 0) is 51.3 Å². The molecule has 1 aliphatic rings. The van der Waals surface area contributed by atoms with Crippen molar-refractivity contribution in [3.05, 3.63) is 94.3 Å². The summed E-state index contributed by atoms with van der Waals surface area (Å²) in [5, 5.41) is 0. The summed E-state index contributed by atoms with van der Waals surface area (Å²) in [4.78, 5) is 42.5. The van der Waals surface area contributed by atoms with Gasteiger partial charge in [0.25, 0.3) is 0 Å². The maximum atomic E-state index is 15.4. The van der Waals surface area contributed by atoms with Crippen molar-refractivity contribution in [1.29, 1.82) is 0 Å². The zero-order chi connectivity index (χ0) is 32.2. The van der Waals surface area contributed by atoms with E-state index in [9.17, 15) is 27.2 Å². The lowest BCUT2D eigenvalue weighted by molar-refractivity contribution is -0.154. The van der Waals surface area contributed by atoms with Crippen LogP contribution in [0.1, 0.15) is 90.9 Å². The van der Waals surface area contributed by atoms with E-state index in [1.165, 1.54) is 0 Å². The zero-order valence-electron chi connectivity index (χ0n) is 25.2. The predicted octanol–water partition coefficient (Wildman–Crippen LogP) is 6.87. The number of ketones is 2. The highest BCUT2D eigenvalue weighted by Gasteiger charge is 2.29. The second-order valence-corrected chi connectivity index (χ2v) is 14.0. The maximum absolute atomic E-state index is 15.4. The molecule has 0 fully saturated rings. The molecule has 2 aromatic carbocycles. The van der Waals surface area contributed by atoms with Crippen LogP contribution in [0.3, 0.4) is 0 Å². The first-order chi connectivity index (χ1) is 20.7. The first kappa shape index (κ1) is 32.9. The van der Waals surface area contributed by atoms with E-state index in [1.54, 1.807) is 70.3 Å². The van der Waals surface area contributed by atoms with Crippen molar-refractivity contribution in [2.75, 3.05) is 5.75 Å². The summed E-state index contributed by atoms with van der Waals surface area (Å²) in [5.74, 6) is -4.39. The van der Waals surface area contributed by atoms with Crippen molar-refractivity contribution in [2.45, 2.75) is 71.2 Å². The number of halogens is 2. The Hall–Kier alpha value is -4.05. The van der Waals surface area contributed by atoms with Crippen LogP contribution < -0.4 is 0 Å². The number of hydrogen-bond donors (Lipinski definition) is 0. The molecule has 7 nitrogen and oxygen atoms in total. The van der Waals surface area contributed by atoms with E-state index in [0.717, 1.165) is 12.1 Å². The molecule has 0 N–H and O–H groups in total. The SMILES string of the molecule is CCCS(=O)(=O)Cc1ccc(F)c(C(=O)C2=CCc3ncc(-c4ccc(C(=O)CCCC(=O)OC(C)(C)C)cc4)cc32)c1F. The number of hydrogen-bond acceptors (Lipinski definition) is 7. The van der Waals surface area contributed by atoms with Gasteiger partial charge in [0, 0.05) is 53.3 Å². The van der Waals surface area contributed by atoms with Crippen LogP contribution in [-0.2, 0) is 31.5 Å². The van der Waals surface area contributed by atoms with Gasteiger partial charge in [-0.1, -0.05) is 43.3 Å². The molecular weight excluding hydrogens is 588 g/mol.